The average molecular weight is 448 g/mol. The Labute approximate surface area is 190 Å². The van der Waals surface area contributed by atoms with Crippen molar-refractivity contribution in [3.63, 3.8) is 0 Å². The first-order valence-electron chi connectivity index (χ1n) is 10.9. The normalized spacial score (nSPS) is 16.2. The fourth-order valence-corrected chi connectivity index (χ4v) is 4.50. The summed E-state index contributed by atoms with van der Waals surface area (Å²) < 4.78 is 39.4. The van der Waals surface area contributed by atoms with Gasteiger partial charge in [0.1, 0.15) is 0 Å². The van der Waals surface area contributed by atoms with E-state index >= 15 is 0 Å². The van der Waals surface area contributed by atoms with Crippen molar-refractivity contribution < 1.29 is 13.2 Å². The molecule has 0 bridgehead atoms. The Hall–Kier alpha value is -3.45. The molecule has 2 aromatic carbocycles. The van der Waals surface area contributed by atoms with Gasteiger partial charge in [0.25, 0.3) is 0 Å². The second-order valence-electron chi connectivity index (χ2n) is 8.21. The van der Waals surface area contributed by atoms with Gasteiger partial charge in [-0.15, -0.1) is 0 Å². The Balaban J connectivity index is 1.47. The van der Waals surface area contributed by atoms with Crippen molar-refractivity contribution in [3.8, 4) is 0 Å². The summed E-state index contributed by atoms with van der Waals surface area (Å²) in [4.78, 5) is 13.3. The molecule has 0 N–H and O–H groups in total. The number of rotatable bonds is 4. The predicted octanol–water partition coefficient (Wildman–Crippen LogP) is 5.56. The van der Waals surface area contributed by atoms with E-state index in [2.05, 4.69) is 25.8 Å². The van der Waals surface area contributed by atoms with Crippen LogP contribution in [-0.2, 0) is 6.18 Å². The summed E-state index contributed by atoms with van der Waals surface area (Å²) in [5, 5.41) is 1.04. The Kier molecular flexibility index (Phi) is 5.72. The Morgan fingerprint density at radius 1 is 0.788 bits per heavy atom. The van der Waals surface area contributed by atoms with Crippen molar-refractivity contribution in [1.29, 1.82) is 0 Å². The Morgan fingerprint density at radius 3 is 2.21 bits per heavy atom. The number of hydrogen-bond acceptors (Lipinski definition) is 4. The lowest BCUT2D eigenvalue weighted by Crippen LogP contribution is -2.48. The molecule has 0 amide bonds. The summed E-state index contributed by atoms with van der Waals surface area (Å²) in [6.07, 6.45) is 1.02. The summed E-state index contributed by atoms with van der Waals surface area (Å²) in [6.45, 7) is 3.19. The van der Waals surface area contributed by atoms with Crippen molar-refractivity contribution in [2.24, 2.45) is 0 Å². The molecule has 1 aliphatic rings. The summed E-state index contributed by atoms with van der Waals surface area (Å²) in [7, 11) is 0. The first kappa shape index (κ1) is 21.4. The molecule has 1 atom stereocenters. The van der Waals surface area contributed by atoms with E-state index in [4.69, 9.17) is 0 Å². The molecule has 5 rings (SSSR count). The molecule has 1 unspecified atom stereocenters. The van der Waals surface area contributed by atoms with Crippen LogP contribution >= 0.6 is 0 Å². The van der Waals surface area contributed by atoms with Crippen molar-refractivity contribution in [2.75, 3.05) is 31.1 Å². The maximum absolute atomic E-state index is 13.1. The van der Waals surface area contributed by atoms with Gasteiger partial charge in [0.05, 0.1) is 29.0 Å². The van der Waals surface area contributed by atoms with Gasteiger partial charge >= 0.3 is 6.18 Å². The van der Waals surface area contributed by atoms with Crippen LogP contribution in [-0.4, -0.2) is 41.0 Å². The maximum atomic E-state index is 13.1. The lowest BCUT2D eigenvalue weighted by Gasteiger charge is -2.40. The highest BCUT2D eigenvalue weighted by atomic mass is 19.4. The van der Waals surface area contributed by atoms with Crippen molar-refractivity contribution in [1.82, 2.24) is 14.9 Å². The average Bonchev–Trinajstić information content (AvgIpc) is 2.85. The molecule has 3 heterocycles. The van der Waals surface area contributed by atoms with Gasteiger partial charge < -0.3 is 4.90 Å². The standard InChI is InChI=1S/C26H23F3N4/c27-26(28,29)22-9-7-20(8-10-22)25(21-6-5-19-3-1-12-31-24(19)17-21)33-15-13-32(14-16-33)23-4-2-11-30-18-23/h1-12,17-18,25H,13-16H2. The van der Waals surface area contributed by atoms with E-state index in [1.165, 1.54) is 12.1 Å². The molecule has 0 saturated carbocycles. The molecule has 1 fully saturated rings. The molecule has 1 aliphatic heterocycles. The minimum Gasteiger partial charge on any atom is -0.368 e. The Bertz CT molecular complexity index is 1220. The number of nitrogens with zero attached hydrogens (tertiary/aromatic N) is 4. The molecule has 0 spiro atoms. The summed E-state index contributed by atoms with van der Waals surface area (Å²) in [5.74, 6) is 0. The zero-order chi connectivity index (χ0) is 22.8. The van der Waals surface area contributed by atoms with Gasteiger partial charge in [0, 0.05) is 44.0 Å². The summed E-state index contributed by atoms with van der Waals surface area (Å²) in [5.41, 5.74) is 3.19. The highest BCUT2D eigenvalue weighted by molar-refractivity contribution is 5.79. The van der Waals surface area contributed by atoms with E-state index in [1.54, 1.807) is 24.5 Å². The van der Waals surface area contributed by atoms with E-state index in [1.807, 2.05) is 42.6 Å². The number of fused-ring (bicyclic) bond motifs is 1. The van der Waals surface area contributed by atoms with Crippen LogP contribution in [0.5, 0.6) is 0 Å². The van der Waals surface area contributed by atoms with Crippen LogP contribution in [0.4, 0.5) is 18.9 Å². The zero-order valence-corrected chi connectivity index (χ0v) is 17.9. The second kappa shape index (κ2) is 8.83. The number of hydrogen-bond donors (Lipinski definition) is 0. The SMILES string of the molecule is FC(F)(F)c1ccc(C(c2ccc3cccnc3c2)N2CCN(c3cccnc3)CC2)cc1. The van der Waals surface area contributed by atoms with Gasteiger partial charge in [-0.1, -0.05) is 30.3 Å². The summed E-state index contributed by atoms with van der Waals surface area (Å²) >= 11 is 0. The molecule has 0 radical (unpaired) electrons. The molecular weight excluding hydrogens is 425 g/mol. The molecule has 7 heteroatoms. The summed E-state index contributed by atoms with van der Waals surface area (Å²) in [6, 6.07) is 19.4. The number of benzene rings is 2. The smallest absolute Gasteiger partial charge is 0.368 e. The van der Waals surface area contributed by atoms with E-state index in [0.29, 0.717) is 0 Å². The number of halogens is 3. The molecule has 168 valence electrons. The third-order valence-corrected chi connectivity index (χ3v) is 6.19. The highest BCUT2D eigenvalue weighted by Gasteiger charge is 2.31. The first-order valence-corrected chi connectivity index (χ1v) is 10.9. The molecule has 1 saturated heterocycles. The van der Waals surface area contributed by atoms with E-state index < -0.39 is 11.7 Å². The monoisotopic (exact) mass is 448 g/mol. The third-order valence-electron chi connectivity index (χ3n) is 6.19. The number of pyridine rings is 2. The van der Waals surface area contributed by atoms with Gasteiger partial charge in [-0.25, -0.2) is 0 Å². The first-order chi connectivity index (χ1) is 16.0. The lowest BCUT2D eigenvalue weighted by atomic mass is 9.94. The van der Waals surface area contributed by atoms with Crippen LogP contribution in [0.2, 0.25) is 0 Å². The van der Waals surface area contributed by atoms with E-state index in [-0.39, 0.29) is 6.04 Å². The number of alkyl halides is 3. The minimum absolute atomic E-state index is 0.158. The van der Waals surface area contributed by atoms with Crippen molar-refractivity contribution in [2.45, 2.75) is 12.2 Å². The lowest BCUT2D eigenvalue weighted by molar-refractivity contribution is -0.137. The number of piperazine rings is 1. The van der Waals surface area contributed by atoms with Crippen LogP contribution in [0.1, 0.15) is 22.7 Å². The zero-order valence-electron chi connectivity index (χ0n) is 17.9. The van der Waals surface area contributed by atoms with Crippen molar-refractivity contribution >= 4 is 16.6 Å². The second-order valence-corrected chi connectivity index (χ2v) is 8.21. The molecule has 4 nitrogen and oxygen atoms in total. The van der Waals surface area contributed by atoms with Crippen LogP contribution in [0.25, 0.3) is 10.9 Å². The van der Waals surface area contributed by atoms with Gasteiger partial charge in [-0.2, -0.15) is 13.2 Å². The van der Waals surface area contributed by atoms with Gasteiger partial charge in [-0.3, -0.25) is 14.9 Å². The number of aromatic nitrogens is 2. The molecule has 4 aromatic rings. The van der Waals surface area contributed by atoms with Crippen LogP contribution in [0, 0.1) is 0 Å². The minimum atomic E-state index is -4.35. The largest absolute Gasteiger partial charge is 0.416 e. The highest BCUT2D eigenvalue weighted by Crippen LogP contribution is 2.35. The molecule has 0 aliphatic carbocycles. The van der Waals surface area contributed by atoms with E-state index in [9.17, 15) is 13.2 Å². The molecule has 33 heavy (non-hydrogen) atoms. The van der Waals surface area contributed by atoms with Crippen LogP contribution in [0.15, 0.2) is 85.3 Å². The van der Waals surface area contributed by atoms with Crippen molar-refractivity contribution in [3.05, 3.63) is 102 Å². The van der Waals surface area contributed by atoms with Crippen LogP contribution < -0.4 is 4.90 Å². The third kappa shape index (κ3) is 4.54. The maximum Gasteiger partial charge on any atom is 0.416 e. The van der Waals surface area contributed by atoms with Gasteiger partial charge in [0.2, 0.25) is 0 Å². The van der Waals surface area contributed by atoms with Crippen LogP contribution in [0.3, 0.4) is 0 Å². The fourth-order valence-electron chi connectivity index (χ4n) is 4.50. The van der Waals surface area contributed by atoms with Gasteiger partial charge in [0.15, 0.2) is 0 Å². The molecular formula is C26H23F3N4. The topological polar surface area (TPSA) is 32.3 Å². The Morgan fingerprint density at radius 2 is 1.52 bits per heavy atom. The fraction of sp³-hybridized carbons (Fsp3) is 0.231. The van der Waals surface area contributed by atoms with Gasteiger partial charge in [-0.05, 0) is 47.5 Å². The predicted molar refractivity (Wildman–Crippen MR) is 123 cm³/mol. The molecule has 2 aromatic heterocycles. The number of anilines is 1. The quantitative estimate of drug-likeness (QED) is 0.409. The van der Waals surface area contributed by atoms with E-state index in [0.717, 1.165) is 53.9 Å².